The Labute approximate surface area is 193 Å². The van der Waals surface area contributed by atoms with Crippen LogP contribution < -0.4 is 10.6 Å². The van der Waals surface area contributed by atoms with Crippen molar-refractivity contribution in [3.8, 4) is 0 Å². The van der Waals surface area contributed by atoms with Gasteiger partial charge in [0.1, 0.15) is 6.54 Å². The largest absolute Gasteiger partial charge is 0.416 e. The molecule has 170 valence electrons. The Hall–Kier alpha value is -1.56. The maximum Gasteiger partial charge on any atom is 0.416 e. The first kappa shape index (κ1) is 26.5. The number of nitrogens with zero attached hydrogens (tertiary/aromatic N) is 3. The molecule has 0 bridgehead atoms. The summed E-state index contributed by atoms with van der Waals surface area (Å²) in [5, 5.41) is 6.59. The molecule has 1 aromatic rings. The lowest BCUT2D eigenvalue weighted by atomic mass is 10.1. The second-order valence-electron chi connectivity index (χ2n) is 7.44. The van der Waals surface area contributed by atoms with Crippen molar-refractivity contribution in [1.29, 1.82) is 0 Å². The van der Waals surface area contributed by atoms with Crippen molar-refractivity contribution in [1.82, 2.24) is 20.4 Å². The Bertz CT molecular complexity index is 695. The van der Waals surface area contributed by atoms with Crippen LogP contribution in [0.2, 0.25) is 0 Å². The van der Waals surface area contributed by atoms with E-state index in [1.54, 1.807) is 14.1 Å². The van der Waals surface area contributed by atoms with Crippen LogP contribution in [0.4, 0.5) is 13.2 Å². The van der Waals surface area contributed by atoms with Crippen LogP contribution in [0.15, 0.2) is 29.3 Å². The van der Waals surface area contributed by atoms with Crippen molar-refractivity contribution in [3.05, 3.63) is 35.4 Å². The minimum absolute atomic E-state index is 0. The molecule has 0 aromatic heterocycles. The van der Waals surface area contributed by atoms with Crippen LogP contribution in [0, 0.1) is 0 Å². The number of nitrogens with one attached hydrogen (secondary N) is 2. The molecule has 1 aliphatic rings. The molecule has 0 radical (unpaired) electrons. The number of halogens is 4. The Kier molecular flexibility index (Phi) is 10.9. The van der Waals surface area contributed by atoms with Crippen LogP contribution in [0.25, 0.3) is 0 Å². The zero-order valence-electron chi connectivity index (χ0n) is 17.6. The SMILES string of the molecule is CCCNC(=NCC(=O)N(C)C)NC1CCN(Cc2ccc(C(F)(F)F)cc2)C1.I. The zero-order valence-corrected chi connectivity index (χ0v) is 20.0. The molecule has 10 heteroatoms. The van der Waals surface area contributed by atoms with Gasteiger partial charge in [-0.05, 0) is 30.5 Å². The number of aliphatic imine (C=N–C) groups is 1. The van der Waals surface area contributed by atoms with Crippen molar-refractivity contribution in [2.75, 3.05) is 40.3 Å². The normalized spacial score (nSPS) is 17.4. The van der Waals surface area contributed by atoms with Crippen LogP contribution >= 0.6 is 24.0 Å². The summed E-state index contributed by atoms with van der Waals surface area (Å²) in [6.07, 6.45) is -2.47. The predicted octanol–water partition coefficient (Wildman–Crippen LogP) is 2.93. The van der Waals surface area contributed by atoms with Gasteiger partial charge in [-0.1, -0.05) is 19.1 Å². The molecular formula is C20H31F3IN5O. The summed E-state index contributed by atoms with van der Waals surface area (Å²) in [7, 11) is 3.39. The molecule has 1 aliphatic heterocycles. The van der Waals surface area contributed by atoms with E-state index in [0.29, 0.717) is 12.5 Å². The summed E-state index contributed by atoms with van der Waals surface area (Å²) in [6.45, 7) is 5.09. The van der Waals surface area contributed by atoms with Gasteiger partial charge in [0.2, 0.25) is 5.91 Å². The van der Waals surface area contributed by atoms with E-state index in [1.165, 1.54) is 17.0 Å². The van der Waals surface area contributed by atoms with Crippen LogP contribution in [-0.2, 0) is 17.5 Å². The number of likely N-dealkylation sites (tertiary alicyclic amines) is 1. The number of hydrogen-bond donors (Lipinski definition) is 2. The fraction of sp³-hybridized carbons (Fsp3) is 0.600. The number of guanidine groups is 1. The van der Waals surface area contributed by atoms with Gasteiger partial charge in [0, 0.05) is 46.3 Å². The minimum Gasteiger partial charge on any atom is -0.356 e. The highest BCUT2D eigenvalue weighted by Gasteiger charge is 2.30. The number of carbonyl (C=O) groups is 1. The molecule has 1 heterocycles. The Balaban J connectivity index is 0.00000450. The summed E-state index contributed by atoms with van der Waals surface area (Å²) >= 11 is 0. The maximum atomic E-state index is 12.7. The van der Waals surface area contributed by atoms with Crippen molar-refractivity contribution in [3.63, 3.8) is 0 Å². The molecule has 2 N–H and O–H groups in total. The average Bonchev–Trinajstić information content (AvgIpc) is 3.10. The van der Waals surface area contributed by atoms with Gasteiger partial charge in [-0.15, -0.1) is 24.0 Å². The second kappa shape index (κ2) is 12.3. The van der Waals surface area contributed by atoms with Crippen LogP contribution in [0.5, 0.6) is 0 Å². The third kappa shape index (κ3) is 8.66. The summed E-state index contributed by atoms with van der Waals surface area (Å²) < 4.78 is 38.0. The smallest absolute Gasteiger partial charge is 0.356 e. The molecule has 2 rings (SSSR count). The van der Waals surface area contributed by atoms with E-state index >= 15 is 0 Å². The van der Waals surface area contributed by atoms with E-state index in [1.807, 2.05) is 0 Å². The first-order valence-corrected chi connectivity index (χ1v) is 9.82. The number of alkyl halides is 3. The molecular weight excluding hydrogens is 510 g/mol. The quantitative estimate of drug-likeness (QED) is 0.317. The minimum atomic E-state index is -4.31. The number of rotatable bonds is 7. The van der Waals surface area contributed by atoms with Gasteiger partial charge in [0.15, 0.2) is 5.96 Å². The van der Waals surface area contributed by atoms with Gasteiger partial charge >= 0.3 is 6.18 Å². The molecule has 1 unspecified atom stereocenters. The summed E-state index contributed by atoms with van der Waals surface area (Å²) in [5.41, 5.74) is 0.227. The molecule has 0 saturated carbocycles. The van der Waals surface area contributed by atoms with Crippen molar-refractivity contribution >= 4 is 35.8 Å². The van der Waals surface area contributed by atoms with E-state index < -0.39 is 11.7 Å². The summed E-state index contributed by atoms with van der Waals surface area (Å²) in [4.78, 5) is 19.8. The standard InChI is InChI=1S/C20H30F3N5O.HI/c1-4-10-24-19(25-12-18(29)27(2)3)26-17-9-11-28(14-17)13-15-5-7-16(8-6-15)20(21,22)23;/h5-8,17H,4,9-14H2,1-3H3,(H2,24,25,26);1H. The van der Waals surface area contributed by atoms with E-state index in [4.69, 9.17) is 0 Å². The molecule has 1 amide bonds. The highest BCUT2D eigenvalue weighted by atomic mass is 127. The van der Waals surface area contributed by atoms with Gasteiger partial charge in [0.25, 0.3) is 0 Å². The number of hydrogen-bond acceptors (Lipinski definition) is 3. The Morgan fingerprint density at radius 1 is 1.27 bits per heavy atom. The number of carbonyl (C=O) groups excluding carboxylic acids is 1. The van der Waals surface area contributed by atoms with Gasteiger partial charge in [-0.2, -0.15) is 13.2 Å². The number of amides is 1. The fourth-order valence-electron chi connectivity index (χ4n) is 3.03. The van der Waals surface area contributed by atoms with Crippen molar-refractivity contribution < 1.29 is 18.0 Å². The zero-order chi connectivity index (χ0) is 21.4. The first-order valence-electron chi connectivity index (χ1n) is 9.82. The summed E-state index contributed by atoms with van der Waals surface area (Å²) in [6, 6.07) is 5.49. The van der Waals surface area contributed by atoms with E-state index in [-0.39, 0.29) is 42.5 Å². The molecule has 0 spiro atoms. The Morgan fingerprint density at radius 3 is 2.50 bits per heavy atom. The van der Waals surface area contributed by atoms with Gasteiger partial charge in [-0.25, -0.2) is 4.99 Å². The predicted molar refractivity (Wildman–Crippen MR) is 123 cm³/mol. The van der Waals surface area contributed by atoms with E-state index in [9.17, 15) is 18.0 Å². The first-order chi connectivity index (χ1) is 13.7. The lowest BCUT2D eigenvalue weighted by Crippen LogP contribution is -2.45. The average molecular weight is 541 g/mol. The molecule has 1 aromatic carbocycles. The van der Waals surface area contributed by atoms with Gasteiger partial charge < -0.3 is 15.5 Å². The molecule has 0 aliphatic carbocycles. The lowest BCUT2D eigenvalue weighted by molar-refractivity contribution is -0.137. The van der Waals surface area contributed by atoms with Crippen molar-refractivity contribution in [2.45, 2.75) is 38.5 Å². The van der Waals surface area contributed by atoms with Gasteiger partial charge in [-0.3, -0.25) is 9.69 Å². The lowest BCUT2D eigenvalue weighted by Gasteiger charge is -2.19. The second-order valence-corrected chi connectivity index (χ2v) is 7.44. The monoisotopic (exact) mass is 541 g/mol. The molecule has 30 heavy (non-hydrogen) atoms. The van der Waals surface area contributed by atoms with E-state index in [0.717, 1.165) is 50.2 Å². The van der Waals surface area contributed by atoms with Crippen LogP contribution in [0.1, 0.15) is 30.9 Å². The molecule has 1 fully saturated rings. The topological polar surface area (TPSA) is 60.0 Å². The highest BCUT2D eigenvalue weighted by molar-refractivity contribution is 14.0. The van der Waals surface area contributed by atoms with E-state index in [2.05, 4.69) is 27.4 Å². The van der Waals surface area contributed by atoms with Crippen molar-refractivity contribution in [2.24, 2.45) is 4.99 Å². The summed E-state index contributed by atoms with van der Waals surface area (Å²) in [5.74, 6) is 0.543. The molecule has 6 nitrogen and oxygen atoms in total. The third-order valence-electron chi connectivity index (χ3n) is 4.71. The molecule has 1 atom stereocenters. The fourth-order valence-corrected chi connectivity index (χ4v) is 3.03. The number of benzene rings is 1. The Morgan fingerprint density at radius 2 is 1.93 bits per heavy atom. The van der Waals surface area contributed by atoms with Crippen LogP contribution in [0.3, 0.4) is 0 Å². The number of likely N-dealkylation sites (N-methyl/N-ethyl adjacent to an activating group) is 1. The highest BCUT2D eigenvalue weighted by Crippen LogP contribution is 2.29. The third-order valence-corrected chi connectivity index (χ3v) is 4.71. The van der Waals surface area contributed by atoms with Gasteiger partial charge in [0.05, 0.1) is 5.56 Å². The molecule has 1 saturated heterocycles. The maximum absolute atomic E-state index is 12.7. The van der Waals surface area contributed by atoms with Crippen LogP contribution in [-0.4, -0.2) is 68.0 Å².